The molecule has 0 atom stereocenters. The molecule has 0 saturated heterocycles. The zero-order chi connectivity index (χ0) is 28.9. The lowest BCUT2D eigenvalue weighted by Gasteiger charge is -2.24. The monoisotopic (exact) mass is 562 g/mol. The molecule has 212 valence electrons. The first-order valence-corrected chi connectivity index (χ1v) is 15.6. The van der Waals surface area contributed by atoms with Gasteiger partial charge in [0.15, 0.2) is 16.7 Å². The van der Waals surface area contributed by atoms with E-state index in [0.29, 0.717) is 5.89 Å². The number of nitrogens with zero attached hydrogens (tertiary/aromatic N) is 2. The zero-order valence-electron chi connectivity index (χ0n) is 24.7. The minimum Gasteiger partial charge on any atom is -0.454 e. The lowest BCUT2D eigenvalue weighted by molar-refractivity contribution is 0.624. The van der Waals surface area contributed by atoms with Gasteiger partial charge in [0.1, 0.15) is 5.58 Å². The van der Waals surface area contributed by atoms with E-state index in [1.807, 2.05) is 0 Å². The van der Waals surface area contributed by atoms with Crippen LogP contribution in [0.25, 0.3) is 76.8 Å². The van der Waals surface area contributed by atoms with E-state index in [1.165, 1.54) is 42.1 Å². The first-order chi connectivity index (χ1) is 21.2. The van der Waals surface area contributed by atoms with Gasteiger partial charge in [-0.05, 0) is 58.0 Å². The van der Waals surface area contributed by atoms with Gasteiger partial charge >= 0.3 is 0 Å². The molecule has 0 bridgehead atoms. The van der Waals surface area contributed by atoms with Gasteiger partial charge in [-0.3, -0.25) is 0 Å². The summed E-state index contributed by atoms with van der Waals surface area (Å²) in [6, 6.07) is 34.4. The van der Waals surface area contributed by atoms with Crippen molar-refractivity contribution in [2.75, 3.05) is 18.0 Å². The second-order valence-electron chi connectivity index (χ2n) is 11.6. The van der Waals surface area contributed by atoms with E-state index in [0.717, 1.165) is 73.2 Å². The number of rotatable bonds is 8. The van der Waals surface area contributed by atoms with Gasteiger partial charge in [0.05, 0.1) is 5.56 Å². The maximum atomic E-state index is 6.76. The van der Waals surface area contributed by atoms with Gasteiger partial charge in [0.25, 0.3) is 0 Å². The van der Waals surface area contributed by atoms with Crippen molar-refractivity contribution in [3.05, 3.63) is 97.1 Å². The molecule has 4 nitrogen and oxygen atoms in total. The number of fused-ring (bicyclic) bond motifs is 10. The molecule has 0 aliphatic heterocycles. The fraction of sp³-hybridized carbons (Fsp3) is 0.205. The molecule has 43 heavy (non-hydrogen) atoms. The topological polar surface area (TPSA) is 42.4 Å². The predicted molar refractivity (Wildman–Crippen MR) is 181 cm³/mol. The average Bonchev–Trinajstić information content (AvgIpc) is 3.66. The lowest BCUT2D eigenvalue weighted by atomic mass is 9.97. The van der Waals surface area contributed by atoms with Crippen molar-refractivity contribution in [1.82, 2.24) is 4.98 Å². The Bertz CT molecular complexity index is 2230. The Morgan fingerprint density at radius 3 is 1.91 bits per heavy atom. The molecule has 6 aromatic carbocycles. The van der Waals surface area contributed by atoms with Gasteiger partial charge in [0, 0.05) is 41.0 Å². The maximum Gasteiger partial charge on any atom is 0.228 e. The van der Waals surface area contributed by atoms with Gasteiger partial charge < -0.3 is 13.7 Å². The van der Waals surface area contributed by atoms with Crippen LogP contribution in [-0.4, -0.2) is 18.1 Å². The van der Waals surface area contributed by atoms with E-state index in [1.54, 1.807) is 0 Å². The van der Waals surface area contributed by atoms with Crippen LogP contribution in [0.15, 0.2) is 106 Å². The van der Waals surface area contributed by atoms with Crippen LogP contribution in [-0.2, 0) is 0 Å². The number of benzene rings is 6. The molecular formula is C39H34N2O2. The van der Waals surface area contributed by atoms with E-state index in [2.05, 4.69) is 116 Å². The van der Waals surface area contributed by atoms with E-state index < -0.39 is 0 Å². The fourth-order valence-corrected chi connectivity index (χ4v) is 6.69. The third kappa shape index (κ3) is 4.16. The Balaban J connectivity index is 1.40. The van der Waals surface area contributed by atoms with E-state index in [4.69, 9.17) is 13.8 Å². The van der Waals surface area contributed by atoms with E-state index in [9.17, 15) is 0 Å². The van der Waals surface area contributed by atoms with Crippen molar-refractivity contribution in [3.63, 3.8) is 0 Å². The average molecular weight is 563 g/mol. The summed E-state index contributed by atoms with van der Waals surface area (Å²) in [7, 11) is 0. The van der Waals surface area contributed by atoms with E-state index >= 15 is 0 Å². The molecule has 0 spiro atoms. The second kappa shape index (κ2) is 10.5. The van der Waals surface area contributed by atoms with Gasteiger partial charge in [0.2, 0.25) is 5.89 Å². The molecule has 0 aliphatic rings. The van der Waals surface area contributed by atoms with Gasteiger partial charge in [-0.1, -0.05) is 99.5 Å². The SMILES string of the molecule is CCCCN(CCCC)c1ccc2c(c1)oc1c3nc(-c4c5ccccc5cc5ccccc45)oc3c3ccccc3c21. The largest absolute Gasteiger partial charge is 0.454 e. The second-order valence-corrected chi connectivity index (χ2v) is 11.6. The normalized spacial score (nSPS) is 12.0. The number of unbranched alkanes of at least 4 members (excludes halogenated alkanes) is 2. The third-order valence-electron chi connectivity index (χ3n) is 8.87. The van der Waals surface area contributed by atoms with Crippen LogP contribution in [0.5, 0.6) is 0 Å². The highest BCUT2D eigenvalue weighted by molar-refractivity contribution is 6.28. The standard InChI is InChI=1S/C39H34N2O2/c1-3-5-21-41(22-6-4-2)27-19-20-32-33(24-27)42-38-34(32)30-17-11-12-18-31(30)37-36(38)40-39(43-37)35-28-15-9-7-13-25(28)23-26-14-8-10-16-29(26)35/h7-20,23-24H,3-6,21-22H2,1-2H3. The molecule has 0 amide bonds. The van der Waals surface area contributed by atoms with Crippen LogP contribution < -0.4 is 4.90 Å². The number of anilines is 1. The minimum atomic E-state index is 0.618. The highest BCUT2D eigenvalue weighted by atomic mass is 16.4. The van der Waals surface area contributed by atoms with Crippen LogP contribution in [0, 0.1) is 0 Å². The molecule has 0 unspecified atom stereocenters. The van der Waals surface area contributed by atoms with Crippen molar-refractivity contribution in [2.24, 2.45) is 0 Å². The van der Waals surface area contributed by atoms with Gasteiger partial charge in [-0.15, -0.1) is 0 Å². The Morgan fingerprint density at radius 2 is 1.23 bits per heavy atom. The predicted octanol–water partition coefficient (Wildman–Crippen LogP) is 11.3. The summed E-state index contributed by atoms with van der Waals surface area (Å²) in [5, 5.41) is 8.97. The fourth-order valence-electron chi connectivity index (χ4n) is 6.69. The molecule has 0 fully saturated rings. The highest BCUT2D eigenvalue weighted by Crippen LogP contribution is 2.44. The molecule has 0 saturated carbocycles. The highest BCUT2D eigenvalue weighted by Gasteiger charge is 2.23. The van der Waals surface area contributed by atoms with Crippen LogP contribution in [0.1, 0.15) is 39.5 Å². The molecule has 0 N–H and O–H groups in total. The number of furan rings is 1. The first-order valence-electron chi connectivity index (χ1n) is 15.6. The third-order valence-corrected chi connectivity index (χ3v) is 8.87. The van der Waals surface area contributed by atoms with Crippen molar-refractivity contribution in [1.29, 1.82) is 0 Å². The lowest BCUT2D eigenvalue weighted by Crippen LogP contribution is -2.25. The number of hydrogen-bond acceptors (Lipinski definition) is 4. The smallest absolute Gasteiger partial charge is 0.228 e. The van der Waals surface area contributed by atoms with Crippen LogP contribution in [0.2, 0.25) is 0 Å². The summed E-state index contributed by atoms with van der Waals surface area (Å²) >= 11 is 0. The summed E-state index contributed by atoms with van der Waals surface area (Å²) < 4.78 is 13.5. The van der Waals surface area contributed by atoms with Crippen molar-refractivity contribution in [3.8, 4) is 11.5 Å². The van der Waals surface area contributed by atoms with Gasteiger partial charge in [-0.2, -0.15) is 0 Å². The van der Waals surface area contributed by atoms with Crippen molar-refractivity contribution >= 4 is 71.0 Å². The molecular weight excluding hydrogens is 528 g/mol. The summed E-state index contributed by atoms with van der Waals surface area (Å²) in [6.07, 6.45) is 4.72. The molecule has 0 aliphatic carbocycles. The Morgan fingerprint density at radius 1 is 0.605 bits per heavy atom. The molecule has 2 heterocycles. The van der Waals surface area contributed by atoms with Crippen LogP contribution in [0.3, 0.4) is 0 Å². The number of oxazole rings is 1. The summed E-state index contributed by atoms with van der Waals surface area (Å²) in [5.41, 5.74) is 5.45. The summed E-state index contributed by atoms with van der Waals surface area (Å²) in [5.74, 6) is 0.618. The quantitative estimate of drug-likeness (QED) is 0.173. The van der Waals surface area contributed by atoms with Crippen LogP contribution >= 0.6 is 0 Å². The zero-order valence-corrected chi connectivity index (χ0v) is 24.7. The molecule has 8 aromatic rings. The Hall–Kier alpha value is -4.83. The van der Waals surface area contributed by atoms with Crippen molar-refractivity contribution in [2.45, 2.75) is 39.5 Å². The first kappa shape index (κ1) is 25.8. The number of aromatic nitrogens is 1. The molecule has 8 rings (SSSR count). The Kier molecular flexibility index (Phi) is 6.29. The number of hydrogen-bond donors (Lipinski definition) is 0. The van der Waals surface area contributed by atoms with Crippen LogP contribution in [0.4, 0.5) is 5.69 Å². The molecule has 4 heteroatoms. The van der Waals surface area contributed by atoms with Crippen molar-refractivity contribution < 1.29 is 8.83 Å². The molecule has 0 radical (unpaired) electrons. The Labute approximate surface area is 250 Å². The maximum absolute atomic E-state index is 6.76. The van der Waals surface area contributed by atoms with Gasteiger partial charge in [-0.25, -0.2) is 4.98 Å². The molecule has 2 aromatic heterocycles. The van der Waals surface area contributed by atoms with E-state index in [-0.39, 0.29) is 0 Å². The minimum absolute atomic E-state index is 0.618. The summed E-state index contributed by atoms with van der Waals surface area (Å²) in [4.78, 5) is 7.73. The summed E-state index contributed by atoms with van der Waals surface area (Å²) in [6.45, 7) is 6.62.